The normalized spacial score (nSPS) is 28.1. The molecule has 1 unspecified atom stereocenters. The molecule has 2 aliphatic rings. The van der Waals surface area contributed by atoms with E-state index in [0.29, 0.717) is 22.8 Å². The summed E-state index contributed by atoms with van der Waals surface area (Å²) in [6.07, 6.45) is 0. The lowest BCUT2D eigenvalue weighted by Crippen LogP contribution is -2.73. The smallest absolute Gasteiger partial charge is 0.338 e. The minimum Gasteiger partial charge on any atom is -0.480 e. The largest absolute Gasteiger partial charge is 0.480 e. The molecule has 2 aliphatic heterocycles. The number of esters is 1. The minimum atomic E-state index is -1.14. The number of hydrogen-bond acceptors (Lipinski definition) is 7. The molecule has 1 amide bonds. The third-order valence-electron chi connectivity index (χ3n) is 4.16. The van der Waals surface area contributed by atoms with Crippen molar-refractivity contribution in [3.8, 4) is 0 Å². The van der Waals surface area contributed by atoms with Crippen LogP contribution in [0.25, 0.3) is 0 Å². The highest BCUT2D eigenvalue weighted by Gasteiger charge is 2.56. The number of hydrogen-bond donors (Lipinski definition) is 2. The van der Waals surface area contributed by atoms with Gasteiger partial charge in [-0.15, -0.1) is 23.5 Å². The quantitative estimate of drug-likeness (QED) is 0.574. The van der Waals surface area contributed by atoms with Crippen LogP contribution in [0.1, 0.15) is 17.3 Å². The molecule has 0 saturated carbocycles. The molecule has 3 rings (SSSR count). The number of β-lactam (4-membered cyclic amide) rings is 1. The second kappa shape index (κ2) is 6.89. The molecule has 0 aromatic heterocycles. The standard InChI is InChI=1S/C16H18N2O5S2/c1-2-23-14(20)9-3-5-10(6-4-9)25-16(15(21)22)7-18-12(19)11(17)13(18)24-8-16/h3-6,11,13H,2,7-8,17H2,1H3,(H,21,22)/t11-,13-,16?/m1/s1. The highest BCUT2D eigenvalue weighted by Crippen LogP contribution is 2.45. The first-order valence-electron chi connectivity index (χ1n) is 7.75. The molecular weight excluding hydrogens is 364 g/mol. The lowest BCUT2D eigenvalue weighted by atomic mass is 10.0. The number of carboxylic acid groups (broad SMARTS) is 1. The van der Waals surface area contributed by atoms with Gasteiger partial charge in [-0.3, -0.25) is 9.59 Å². The molecular formula is C16H18N2O5S2. The molecule has 0 spiro atoms. The summed E-state index contributed by atoms with van der Waals surface area (Å²) in [6.45, 7) is 2.15. The number of ether oxygens (including phenoxy) is 1. The fourth-order valence-corrected chi connectivity index (χ4v) is 5.58. The Balaban J connectivity index is 1.76. The van der Waals surface area contributed by atoms with Crippen molar-refractivity contribution in [2.45, 2.75) is 28.0 Å². The molecule has 2 saturated heterocycles. The first-order valence-corrected chi connectivity index (χ1v) is 9.62. The minimum absolute atomic E-state index is 0.122. The van der Waals surface area contributed by atoms with Crippen molar-refractivity contribution >= 4 is 41.4 Å². The van der Waals surface area contributed by atoms with E-state index in [0.717, 1.165) is 0 Å². The maximum absolute atomic E-state index is 11.9. The first-order chi connectivity index (χ1) is 11.9. The Hall–Kier alpha value is -1.71. The van der Waals surface area contributed by atoms with Crippen LogP contribution in [0, 0.1) is 0 Å². The molecule has 25 heavy (non-hydrogen) atoms. The van der Waals surface area contributed by atoms with Gasteiger partial charge in [0.15, 0.2) is 0 Å². The number of nitrogens with two attached hydrogens (primary N) is 1. The van der Waals surface area contributed by atoms with Crippen LogP contribution in [0.5, 0.6) is 0 Å². The molecule has 0 aliphatic carbocycles. The van der Waals surface area contributed by atoms with E-state index in [9.17, 15) is 19.5 Å². The summed E-state index contributed by atoms with van der Waals surface area (Å²) in [5.41, 5.74) is 6.17. The number of benzene rings is 1. The molecule has 2 fully saturated rings. The summed E-state index contributed by atoms with van der Waals surface area (Å²) in [5, 5.41) is 9.63. The predicted molar refractivity (Wildman–Crippen MR) is 94.6 cm³/mol. The molecule has 1 aromatic rings. The molecule has 7 nitrogen and oxygen atoms in total. The number of carbonyl (C=O) groups is 3. The van der Waals surface area contributed by atoms with Crippen molar-refractivity contribution in [2.24, 2.45) is 5.73 Å². The van der Waals surface area contributed by atoms with Crippen molar-refractivity contribution in [3.05, 3.63) is 29.8 Å². The summed E-state index contributed by atoms with van der Waals surface area (Å²) < 4.78 is 3.80. The third-order valence-corrected chi connectivity index (χ3v) is 7.24. The van der Waals surface area contributed by atoms with Gasteiger partial charge in [-0.05, 0) is 31.2 Å². The molecule has 0 bridgehead atoms. The van der Waals surface area contributed by atoms with E-state index in [-0.39, 0.29) is 17.8 Å². The SMILES string of the molecule is CCOC(=O)c1ccc(SC2(C(=O)O)CS[C@@H]3[C@H](N)C(=O)N3C2)cc1. The number of aliphatic carboxylic acids is 1. The summed E-state index contributed by atoms with van der Waals surface area (Å²) in [5.74, 6) is -1.23. The van der Waals surface area contributed by atoms with Crippen molar-refractivity contribution in [1.29, 1.82) is 0 Å². The number of rotatable bonds is 5. The van der Waals surface area contributed by atoms with Gasteiger partial charge < -0.3 is 20.5 Å². The van der Waals surface area contributed by atoms with E-state index in [1.165, 1.54) is 28.4 Å². The molecule has 3 atom stereocenters. The molecule has 1 aromatic carbocycles. The van der Waals surface area contributed by atoms with Crippen LogP contribution in [-0.4, -0.2) is 62.9 Å². The maximum Gasteiger partial charge on any atom is 0.338 e. The molecule has 0 radical (unpaired) electrons. The number of amides is 1. The van der Waals surface area contributed by atoms with Gasteiger partial charge in [0.05, 0.1) is 12.2 Å². The zero-order valence-electron chi connectivity index (χ0n) is 13.5. The monoisotopic (exact) mass is 382 g/mol. The Kier molecular flexibility index (Phi) is 4.99. The van der Waals surface area contributed by atoms with Crippen molar-refractivity contribution in [2.75, 3.05) is 18.9 Å². The second-order valence-corrected chi connectivity index (χ2v) is 8.40. The molecule has 2 heterocycles. The van der Waals surface area contributed by atoms with Crippen LogP contribution in [-0.2, 0) is 14.3 Å². The summed E-state index contributed by atoms with van der Waals surface area (Å²) in [7, 11) is 0. The zero-order chi connectivity index (χ0) is 18.2. The Bertz CT molecular complexity index is 711. The summed E-state index contributed by atoms with van der Waals surface area (Å²) >= 11 is 2.59. The number of fused-ring (bicyclic) bond motifs is 1. The van der Waals surface area contributed by atoms with Gasteiger partial charge in [0.25, 0.3) is 0 Å². The van der Waals surface area contributed by atoms with E-state index in [1.807, 2.05) is 0 Å². The van der Waals surface area contributed by atoms with Crippen LogP contribution in [0.15, 0.2) is 29.2 Å². The topological polar surface area (TPSA) is 110 Å². The van der Waals surface area contributed by atoms with Crippen LogP contribution in [0.2, 0.25) is 0 Å². The number of thioether (sulfide) groups is 2. The van der Waals surface area contributed by atoms with Crippen LogP contribution >= 0.6 is 23.5 Å². The van der Waals surface area contributed by atoms with Crippen LogP contribution in [0.4, 0.5) is 0 Å². The van der Waals surface area contributed by atoms with Gasteiger partial charge >= 0.3 is 11.9 Å². The highest BCUT2D eigenvalue weighted by atomic mass is 32.2. The van der Waals surface area contributed by atoms with Crippen LogP contribution in [0.3, 0.4) is 0 Å². The molecule has 9 heteroatoms. The zero-order valence-corrected chi connectivity index (χ0v) is 15.1. The number of nitrogens with zero attached hydrogens (tertiary/aromatic N) is 1. The van der Waals surface area contributed by atoms with E-state index in [4.69, 9.17) is 10.5 Å². The van der Waals surface area contributed by atoms with E-state index in [2.05, 4.69) is 0 Å². The first kappa shape index (κ1) is 18.1. The van der Waals surface area contributed by atoms with Crippen LogP contribution < -0.4 is 5.73 Å². The maximum atomic E-state index is 11.9. The second-order valence-electron chi connectivity index (χ2n) is 5.84. The van der Waals surface area contributed by atoms with E-state index < -0.39 is 22.7 Å². The van der Waals surface area contributed by atoms with Crippen molar-refractivity contribution in [1.82, 2.24) is 4.90 Å². The average molecular weight is 382 g/mol. The fraction of sp³-hybridized carbons (Fsp3) is 0.438. The van der Waals surface area contributed by atoms with Crippen molar-refractivity contribution < 1.29 is 24.2 Å². The van der Waals surface area contributed by atoms with E-state index >= 15 is 0 Å². The van der Waals surface area contributed by atoms with Gasteiger partial charge in [-0.1, -0.05) is 0 Å². The van der Waals surface area contributed by atoms with Crippen molar-refractivity contribution in [3.63, 3.8) is 0 Å². The lowest BCUT2D eigenvalue weighted by Gasteiger charge is -2.52. The highest BCUT2D eigenvalue weighted by molar-refractivity contribution is 8.05. The molecule has 3 N–H and O–H groups in total. The Morgan fingerprint density at radius 3 is 2.72 bits per heavy atom. The van der Waals surface area contributed by atoms with Gasteiger partial charge in [0.1, 0.15) is 16.2 Å². The predicted octanol–water partition coefficient (Wildman–Crippen LogP) is 1.02. The van der Waals surface area contributed by atoms with Gasteiger partial charge in [0.2, 0.25) is 5.91 Å². The number of carboxylic acids is 1. The fourth-order valence-electron chi connectivity index (χ4n) is 2.79. The van der Waals surface area contributed by atoms with Gasteiger partial charge in [0, 0.05) is 17.2 Å². The lowest BCUT2D eigenvalue weighted by molar-refractivity contribution is -0.148. The van der Waals surface area contributed by atoms with Gasteiger partial charge in [-0.2, -0.15) is 0 Å². The summed E-state index contributed by atoms with van der Waals surface area (Å²) in [4.78, 5) is 37.7. The Morgan fingerprint density at radius 1 is 1.44 bits per heavy atom. The molecule has 134 valence electrons. The van der Waals surface area contributed by atoms with Gasteiger partial charge in [-0.25, -0.2) is 4.79 Å². The average Bonchev–Trinajstić information content (AvgIpc) is 2.61. The Morgan fingerprint density at radius 2 is 2.12 bits per heavy atom. The summed E-state index contributed by atoms with van der Waals surface area (Å²) in [6, 6.07) is 6.08. The Labute approximate surface area is 153 Å². The van der Waals surface area contributed by atoms with E-state index in [1.54, 1.807) is 31.2 Å². The third kappa shape index (κ3) is 3.23. The number of carbonyl (C=O) groups excluding carboxylic acids is 2.